The van der Waals surface area contributed by atoms with E-state index in [0.717, 1.165) is 46.3 Å². The normalized spacial score (nSPS) is 9.62. The van der Waals surface area contributed by atoms with E-state index in [-0.39, 0.29) is 1.43 Å². The summed E-state index contributed by atoms with van der Waals surface area (Å²) < 4.78 is 0. The highest BCUT2D eigenvalue weighted by molar-refractivity contribution is 5.63. The van der Waals surface area contributed by atoms with Crippen LogP contribution in [0.5, 0.6) is 0 Å². The van der Waals surface area contributed by atoms with Crippen LogP contribution in [-0.4, -0.2) is 19.9 Å². The fourth-order valence-corrected chi connectivity index (χ4v) is 2.44. The van der Waals surface area contributed by atoms with Gasteiger partial charge in [0.1, 0.15) is 5.82 Å². The Morgan fingerprint density at radius 1 is 1.14 bits per heavy atom. The summed E-state index contributed by atoms with van der Waals surface area (Å²) in [5.41, 5.74) is 8.48. The third-order valence-corrected chi connectivity index (χ3v) is 3.92. The maximum Gasteiger partial charge on any atom is 0.125 e. The van der Waals surface area contributed by atoms with E-state index < -0.39 is 0 Å². The number of nitrogens with one attached hydrogen (secondary N) is 1. The van der Waals surface area contributed by atoms with Gasteiger partial charge in [0.2, 0.25) is 0 Å². The maximum atomic E-state index is 4.49. The second-order valence-electron chi connectivity index (χ2n) is 6.37. The molecule has 0 saturated carbocycles. The third kappa shape index (κ3) is 7.17. The van der Waals surface area contributed by atoms with Gasteiger partial charge in [-0.05, 0) is 38.5 Å². The lowest BCUT2D eigenvalue weighted by Gasteiger charge is -2.10. The summed E-state index contributed by atoms with van der Waals surface area (Å²) in [6, 6.07) is 9.93. The summed E-state index contributed by atoms with van der Waals surface area (Å²) in [5, 5.41) is 3.33. The summed E-state index contributed by atoms with van der Waals surface area (Å²) in [7, 11) is 0. The van der Waals surface area contributed by atoms with Gasteiger partial charge in [-0.15, -0.1) is 12.3 Å². The van der Waals surface area contributed by atoms with Crippen molar-refractivity contribution in [1.29, 1.82) is 0 Å². The van der Waals surface area contributed by atoms with Gasteiger partial charge in [0.25, 0.3) is 0 Å². The smallest absolute Gasteiger partial charge is 0.125 e. The van der Waals surface area contributed by atoms with E-state index in [1.165, 1.54) is 0 Å². The number of aromatic nitrogens is 4. The molecule has 0 unspecified atom stereocenters. The van der Waals surface area contributed by atoms with Gasteiger partial charge >= 0.3 is 0 Å². The SMILES string of the molecule is C=C=C(Cc1ccnc(C)n1)Nc1ccc(-c2cncc(C)n2)cc1.C=CCC.[HH]. The molecule has 0 amide bonds. The Bertz CT molecular complexity index is 992. The van der Waals surface area contributed by atoms with E-state index in [1.807, 2.05) is 50.3 Å². The molecule has 5 heteroatoms. The summed E-state index contributed by atoms with van der Waals surface area (Å²) >= 11 is 0. The van der Waals surface area contributed by atoms with Crippen molar-refractivity contribution >= 4 is 5.69 Å². The van der Waals surface area contributed by atoms with Crippen molar-refractivity contribution in [3.05, 3.63) is 96.8 Å². The van der Waals surface area contributed by atoms with Gasteiger partial charge in [0, 0.05) is 31.5 Å². The number of anilines is 1. The lowest BCUT2D eigenvalue weighted by molar-refractivity contribution is 0.961. The minimum Gasteiger partial charge on any atom is -0.352 e. The topological polar surface area (TPSA) is 63.6 Å². The zero-order valence-electron chi connectivity index (χ0n) is 17.3. The zero-order chi connectivity index (χ0) is 21.1. The highest BCUT2D eigenvalue weighted by Crippen LogP contribution is 2.20. The molecule has 3 rings (SSSR count). The van der Waals surface area contributed by atoms with Gasteiger partial charge < -0.3 is 5.32 Å². The van der Waals surface area contributed by atoms with E-state index >= 15 is 0 Å². The van der Waals surface area contributed by atoms with Crippen LogP contribution in [0.3, 0.4) is 0 Å². The van der Waals surface area contributed by atoms with E-state index in [0.29, 0.717) is 6.42 Å². The Balaban J connectivity index is 0.000000827. The molecule has 1 aromatic carbocycles. The Kier molecular flexibility index (Phi) is 8.49. The van der Waals surface area contributed by atoms with Crippen LogP contribution < -0.4 is 5.32 Å². The molecule has 29 heavy (non-hydrogen) atoms. The summed E-state index contributed by atoms with van der Waals surface area (Å²) in [4.78, 5) is 17.2. The van der Waals surface area contributed by atoms with Crippen molar-refractivity contribution in [3.8, 4) is 11.3 Å². The fraction of sp³-hybridized carbons (Fsp3) is 0.208. The Morgan fingerprint density at radius 3 is 2.45 bits per heavy atom. The molecule has 150 valence electrons. The molecule has 0 bridgehead atoms. The summed E-state index contributed by atoms with van der Waals surface area (Å²) in [6.45, 7) is 13.1. The number of aryl methyl sites for hydroxylation is 2. The molecule has 0 aliphatic carbocycles. The third-order valence-electron chi connectivity index (χ3n) is 3.92. The first kappa shape index (κ1) is 21.7. The van der Waals surface area contributed by atoms with E-state index in [1.54, 1.807) is 18.6 Å². The van der Waals surface area contributed by atoms with Gasteiger partial charge in [-0.25, -0.2) is 15.0 Å². The quantitative estimate of drug-likeness (QED) is 0.434. The molecule has 1 N–H and O–H groups in total. The van der Waals surface area contributed by atoms with E-state index in [9.17, 15) is 0 Å². The average molecular weight is 388 g/mol. The number of hydrogen-bond acceptors (Lipinski definition) is 5. The Hall–Kier alpha value is -3.56. The predicted molar refractivity (Wildman–Crippen MR) is 122 cm³/mol. The largest absolute Gasteiger partial charge is 0.352 e. The molecule has 0 fully saturated rings. The number of nitrogens with zero attached hydrogens (tertiary/aromatic N) is 4. The minimum atomic E-state index is 0. The molecule has 0 aliphatic heterocycles. The lowest BCUT2D eigenvalue weighted by atomic mass is 10.1. The van der Waals surface area contributed by atoms with Crippen molar-refractivity contribution in [2.45, 2.75) is 33.6 Å². The lowest BCUT2D eigenvalue weighted by Crippen LogP contribution is -2.04. The van der Waals surface area contributed by atoms with Gasteiger partial charge in [-0.3, -0.25) is 4.98 Å². The molecule has 2 heterocycles. The van der Waals surface area contributed by atoms with E-state index in [2.05, 4.69) is 51.1 Å². The van der Waals surface area contributed by atoms with Crippen LogP contribution in [-0.2, 0) is 6.42 Å². The van der Waals surface area contributed by atoms with Crippen LogP contribution in [0.25, 0.3) is 11.3 Å². The number of hydrogen-bond donors (Lipinski definition) is 1. The maximum absolute atomic E-state index is 4.49. The molecule has 0 radical (unpaired) electrons. The molecule has 5 nitrogen and oxygen atoms in total. The fourth-order valence-electron chi connectivity index (χ4n) is 2.44. The van der Waals surface area contributed by atoms with E-state index in [4.69, 9.17) is 0 Å². The molecule has 0 saturated heterocycles. The van der Waals surface area contributed by atoms with Crippen LogP contribution in [0.4, 0.5) is 5.69 Å². The van der Waals surface area contributed by atoms with Crippen molar-refractivity contribution in [2.24, 2.45) is 0 Å². The Morgan fingerprint density at radius 2 is 1.86 bits per heavy atom. The van der Waals surface area contributed by atoms with Crippen molar-refractivity contribution in [3.63, 3.8) is 0 Å². The number of allylic oxidation sites excluding steroid dienone is 2. The molecule has 0 atom stereocenters. The number of benzene rings is 1. The van der Waals surface area contributed by atoms with Crippen molar-refractivity contribution < 1.29 is 1.43 Å². The summed E-state index contributed by atoms with van der Waals surface area (Å²) in [5.74, 6) is 0.754. The molecular weight excluding hydrogens is 358 g/mol. The first-order chi connectivity index (χ1) is 14.0. The van der Waals surface area contributed by atoms with Gasteiger partial charge in [0.05, 0.1) is 29.0 Å². The molecular formula is C24H29N5. The monoisotopic (exact) mass is 387 g/mol. The molecule has 2 aromatic heterocycles. The average Bonchev–Trinajstić information content (AvgIpc) is 2.74. The van der Waals surface area contributed by atoms with Crippen LogP contribution in [0.2, 0.25) is 0 Å². The molecule has 3 aromatic rings. The van der Waals surface area contributed by atoms with Crippen molar-refractivity contribution in [2.75, 3.05) is 5.32 Å². The highest BCUT2D eigenvalue weighted by atomic mass is 14.9. The minimum absolute atomic E-state index is 0. The standard InChI is InChI=1S/C20H19N5.C4H8.H2/c1-4-17(11-19-9-10-22-15(3)24-19)25-18-7-5-16(6-8-18)20-13-21-12-14(2)23-20;1-3-4-2;/h5-10,12-13,25H,1,11H2,2-3H3;3H,1,4H2,2H3;1H. The van der Waals surface area contributed by atoms with Crippen LogP contribution >= 0.6 is 0 Å². The van der Waals surface area contributed by atoms with Crippen LogP contribution in [0, 0.1) is 13.8 Å². The highest BCUT2D eigenvalue weighted by Gasteiger charge is 2.04. The molecule has 0 spiro atoms. The van der Waals surface area contributed by atoms with Gasteiger partial charge in [-0.1, -0.05) is 31.7 Å². The Labute approximate surface area is 174 Å². The first-order valence-electron chi connectivity index (χ1n) is 9.50. The second kappa shape index (κ2) is 11.3. The zero-order valence-corrected chi connectivity index (χ0v) is 17.3. The second-order valence-corrected chi connectivity index (χ2v) is 6.37. The number of rotatable bonds is 6. The summed E-state index contributed by atoms with van der Waals surface area (Å²) in [6.07, 6.45) is 8.85. The van der Waals surface area contributed by atoms with Crippen molar-refractivity contribution in [1.82, 2.24) is 19.9 Å². The first-order valence-corrected chi connectivity index (χ1v) is 9.50. The van der Waals surface area contributed by atoms with Gasteiger partial charge in [-0.2, -0.15) is 0 Å². The predicted octanol–water partition coefficient (Wildman–Crippen LogP) is 5.70. The molecule has 0 aliphatic rings. The van der Waals surface area contributed by atoms with Crippen LogP contribution in [0.1, 0.15) is 32.0 Å². The van der Waals surface area contributed by atoms with Crippen LogP contribution in [0.15, 0.2) is 79.6 Å². The van der Waals surface area contributed by atoms with Gasteiger partial charge in [0.15, 0.2) is 0 Å².